The van der Waals surface area contributed by atoms with E-state index < -0.39 is 11.2 Å². The van der Waals surface area contributed by atoms with E-state index in [-0.39, 0.29) is 23.0 Å². The van der Waals surface area contributed by atoms with Crippen molar-refractivity contribution in [2.75, 3.05) is 23.8 Å². The van der Waals surface area contributed by atoms with Crippen LogP contribution in [-0.4, -0.2) is 38.2 Å². The Morgan fingerprint density at radius 1 is 1.29 bits per heavy atom. The van der Waals surface area contributed by atoms with Crippen molar-refractivity contribution in [2.45, 2.75) is 6.92 Å². The number of nitrogens with zero attached hydrogens (tertiary/aromatic N) is 2. The van der Waals surface area contributed by atoms with Gasteiger partial charge in [-0.3, -0.25) is 4.79 Å². The predicted molar refractivity (Wildman–Crippen MR) is 107 cm³/mol. The SMILES string of the molecule is CC[S+]([O-])CCOc1cccc(C(=O)c2cnn(-c3ccc(F)cc3)c2N)c1. The molecule has 1 aromatic heterocycles. The van der Waals surface area contributed by atoms with E-state index in [9.17, 15) is 13.7 Å². The molecule has 1 heterocycles. The summed E-state index contributed by atoms with van der Waals surface area (Å²) in [5.74, 6) is 1.04. The summed E-state index contributed by atoms with van der Waals surface area (Å²) in [4.78, 5) is 12.8. The van der Waals surface area contributed by atoms with E-state index in [0.717, 1.165) is 0 Å². The highest BCUT2D eigenvalue weighted by Crippen LogP contribution is 2.22. The topological polar surface area (TPSA) is 93.2 Å². The highest BCUT2D eigenvalue weighted by Gasteiger charge is 2.18. The van der Waals surface area contributed by atoms with Gasteiger partial charge in [0.2, 0.25) is 0 Å². The molecule has 146 valence electrons. The third-order valence-electron chi connectivity index (χ3n) is 4.12. The number of anilines is 1. The lowest BCUT2D eigenvalue weighted by molar-refractivity contribution is 0.103. The smallest absolute Gasteiger partial charge is 0.198 e. The van der Waals surface area contributed by atoms with Crippen molar-refractivity contribution < 1.29 is 18.5 Å². The molecular weight excluding hydrogens is 381 g/mol. The Morgan fingerprint density at radius 3 is 2.75 bits per heavy atom. The molecule has 0 aliphatic carbocycles. The molecule has 0 aliphatic heterocycles. The molecule has 0 aliphatic rings. The molecule has 0 amide bonds. The molecule has 0 saturated carbocycles. The fourth-order valence-electron chi connectivity index (χ4n) is 2.60. The Balaban J connectivity index is 1.77. The average molecular weight is 401 g/mol. The zero-order valence-electron chi connectivity index (χ0n) is 15.3. The summed E-state index contributed by atoms with van der Waals surface area (Å²) >= 11 is -0.908. The molecule has 0 fully saturated rings. The molecule has 0 bridgehead atoms. The molecule has 2 aromatic carbocycles. The zero-order valence-corrected chi connectivity index (χ0v) is 16.1. The Morgan fingerprint density at radius 2 is 2.04 bits per heavy atom. The second kappa shape index (κ2) is 8.90. The normalized spacial score (nSPS) is 12.0. The first-order valence-corrected chi connectivity index (χ1v) is 10.2. The van der Waals surface area contributed by atoms with Crippen molar-refractivity contribution in [3.63, 3.8) is 0 Å². The lowest BCUT2D eigenvalue weighted by atomic mass is 10.1. The number of nitrogen functional groups attached to an aromatic ring is 1. The molecule has 6 nitrogen and oxygen atoms in total. The van der Waals surface area contributed by atoms with E-state index in [1.165, 1.54) is 35.1 Å². The minimum absolute atomic E-state index is 0.168. The Hall–Kier alpha value is -2.84. The molecule has 0 spiro atoms. The number of benzene rings is 2. The van der Waals surface area contributed by atoms with Crippen LogP contribution in [0.25, 0.3) is 5.69 Å². The van der Waals surface area contributed by atoms with Crippen LogP contribution in [0.1, 0.15) is 22.8 Å². The average Bonchev–Trinajstić information content (AvgIpc) is 3.09. The summed E-state index contributed by atoms with van der Waals surface area (Å²) < 4.78 is 31.5. The molecule has 0 saturated heterocycles. The van der Waals surface area contributed by atoms with Gasteiger partial charge in [0.1, 0.15) is 35.5 Å². The summed E-state index contributed by atoms with van der Waals surface area (Å²) in [7, 11) is 0. The van der Waals surface area contributed by atoms with Crippen molar-refractivity contribution in [1.82, 2.24) is 9.78 Å². The van der Waals surface area contributed by atoms with E-state index in [1.54, 1.807) is 24.3 Å². The van der Waals surface area contributed by atoms with Gasteiger partial charge in [-0.25, -0.2) is 9.07 Å². The lowest BCUT2D eigenvalue weighted by Gasteiger charge is -2.10. The molecule has 28 heavy (non-hydrogen) atoms. The van der Waals surface area contributed by atoms with E-state index in [1.807, 2.05) is 6.92 Å². The number of halogens is 1. The molecule has 2 N–H and O–H groups in total. The lowest BCUT2D eigenvalue weighted by Crippen LogP contribution is -2.15. The van der Waals surface area contributed by atoms with Crippen molar-refractivity contribution in [2.24, 2.45) is 0 Å². The van der Waals surface area contributed by atoms with Crippen LogP contribution < -0.4 is 10.5 Å². The van der Waals surface area contributed by atoms with Gasteiger partial charge in [-0.05, 0) is 43.3 Å². The van der Waals surface area contributed by atoms with Crippen molar-refractivity contribution in [3.05, 3.63) is 71.7 Å². The first-order chi connectivity index (χ1) is 13.5. The highest BCUT2D eigenvalue weighted by atomic mass is 32.2. The Bertz CT molecular complexity index is 960. The van der Waals surface area contributed by atoms with Gasteiger partial charge in [0, 0.05) is 5.56 Å². The Labute approximate surface area is 165 Å². The van der Waals surface area contributed by atoms with Crippen molar-refractivity contribution >= 4 is 22.8 Å². The van der Waals surface area contributed by atoms with Gasteiger partial charge in [-0.15, -0.1) is 0 Å². The Kier molecular flexibility index (Phi) is 6.33. The van der Waals surface area contributed by atoms with Gasteiger partial charge >= 0.3 is 0 Å². The molecule has 3 rings (SSSR count). The molecule has 8 heteroatoms. The van der Waals surface area contributed by atoms with Gasteiger partial charge in [-0.1, -0.05) is 23.3 Å². The van der Waals surface area contributed by atoms with Crippen LogP contribution in [0, 0.1) is 5.82 Å². The quantitative estimate of drug-likeness (QED) is 0.463. The number of hydrogen-bond acceptors (Lipinski definition) is 5. The molecule has 0 radical (unpaired) electrons. The van der Waals surface area contributed by atoms with Crippen LogP contribution in [-0.2, 0) is 11.2 Å². The first kappa shape index (κ1) is 19.9. The van der Waals surface area contributed by atoms with Crippen LogP contribution in [0.2, 0.25) is 0 Å². The number of carbonyl (C=O) groups is 1. The second-order valence-corrected chi connectivity index (χ2v) is 7.83. The molecule has 1 atom stereocenters. The van der Waals surface area contributed by atoms with Gasteiger partial charge in [-0.2, -0.15) is 5.10 Å². The number of carbonyl (C=O) groups excluding carboxylic acids is 1. The molecule has 3 aromatic rings. The van der Waals surface area contributed by atoms with Crippen LogP contribution in [0.15, 0.2) is 54.7 Å². The third kappa shape index (κ3) is 4.52. The summed E-state index contributed by atoms with van der Waals surface area (Å²) in [6, 6.07) is 12.4. The van der Waals surface area contributed by atoms with Crippen molar-refractivity contribution in [1.29, 1.82) is 0 Å². The monoisotopic (exact) mass is 401 g/mol. The number of ketones is 1. The minimum Gasteiger partial charge on any atom is -0.616 e. The fourth-order valence-corrected chi connectivity index (χ4v) is 3.16. The van der Waals surface area contributed by atoms with E-state index in [2.05, 4.69) is 5.10 Å². The maximum Gasteiger partial charge on any atom is 0.198 e. The molecule has 1 unspecified atom stereocenters. The van der Waals surface area contributed by atoms with E-state index >= 15 is 0 Å². The second-order valence-electron chi connectivity index (χ2n) is 5.97. The van der Waals surface area contributed by atoms with E-state index in [4.69, 9.17) is 10.5 Å². The largest absolute Gasteiger partial charge is 0.616 e. The maximum absolute atomic E-state index is 13.1. The van der Waals surface area contributed by atoms with Gasteiger partial charge in [0.05, 0.1) is 17.4 Å². The number of nitrogens with two attached hydrogens (primary N) is 1. The van der Waals surface area contributed by atoms with Crippen LogP contribution in [0.5, 0.6) is 5.75 Å². The van der Waals surface area contributed by atoms with Crippen molar-refractivity contribution in [3.8, 4) is 11.4 Å². The summed E-state index contributed by atoms with van der Waals surface area (Å²) in [5.41, 5.74) is 7.30. The number of hydrogen-bond donors (Lipinski definition) is 1. The predicted octanol–water partition coefficient (Wildman–Crippen LogP) is 2.97. The van der Waals surface area contributed by atoms with Gasteiger partial charge < -0.3 is 15.0 Å². The number of rotatable bonds is 8. The van der Waals surface area contributed by atoms with E-state index in [0.29, 0.717) is 35.1 Å². The number of aromatic nitrogens is 2. The highest BCUT2D eigenvalue weighted by molar-refractivity contribution is 7.91. The van der Waals surface area contributed by atoms with Crippen LogP contribution in [0.3, 0.4) is 0 Å². The summed E-state index contributed by atoms with van der Waals surface area (Å²) in [6.45, 7) is 2.16. The van der Waals surface area contributed by atoms with Crippen LogP contribution >= 0.6 is 0 Å². The van der Waals surface area contributed by atoms with Gasteiger partial charge in [0.15, 0.2) is 5.78 Å². The van der Waals surface area contributed by atoms with Gasteiger partial charge in [0.25, 0.3) is 0 Å². The van der Waals surface area contributed by atoms with Crippen LogP contribution in [0.4, 0.5) is 10.2 Å². The first-order valence-electron chi connectivity index (χ1n) is 8.71. The molecular formula is C20H20FN3O3S. The number of ether oxygens (including phenoxy) is 1. The third-order valence-corrected chi connectivity index (χ3v) is 5.39. The summed E-state index contributed by atoms with van der Waals surface area (Å²) in [5, 5.41) is 4.15. The maximum atomic E-state index is 13.1. The fraction of sp³-hybridized carbons (Fsp3) is 0.200. The standard InChI is InChI=1S/C20H20FN3O3S/c1-2-28(26)11-10-27-17-5-3-4-14(12-17)19(25)18-13-23-24(20(18)22)16-8-6-15(21)7-9-16/h3-9,12-13H,2,10-11,22H2,1H3. The minimum atomic E-state index is -0.908. The summed E-state index contributed by atoms with van der Waals surface area (Å²) in [6.07, 6.45) is 1.39. The zero-order chi connectivity index (χ0) is 20.1.